The van der Waals surface area contributed by atoms with Gasteiger partial charge in [0.2, 0.25) is 5.91 Å². The fraction of sp³-hybridized carbons (Fsp3) is 0.400. The van der Waals surface area contributed by atoms with Gasteiger partial charge in [-0.25, -0.2) is 4.79 Å². The van der Waals surface area contributed by atoms with Crippen molar-refractivity contribution in [2.75, 3.05) is 33.7 Å². The number of carbonyl (C=O) groups excluding carboxylic acids is 2. The van der Waals surface area contributed by atoms with Crippen LogP contribution in [0.1, 0.15) is 5.56 Å². The quantitative estimate of drug-likeness (QED) is 0.314. The summed E-state index contributed by atoms with van der Waals surface area (Å²) >= 11 is 0. The first-order valence-corrected chi connectivity index (χ1v) is 7.15. The fourth-order valence-corrected chi connectivity index (χ4v) is 2.28. The van der Waals surface area contributed by atoms with E-state index in [2.05, 4.69) is 27.8 Å². The van der Waals surface area contributed by atoms with Crippen molar-refractivity contribution in [3.63, 3.8) is 0 Å². The Morgan fingerprint density at radius 3 is 2.61 bits per heavy atom. The minimum atomic E-state index is -0.334. The lowest BCUT2D eigenvalue weighted by atomic mass is 10.2. The van der Waals surface area contributed by atoms with Crippen LogP contribution >= 0.6 is 24.0 Å². The summed E-state index contributed by atoms with van der Waals surface area (Å²) in [6.07, 6.45) is 0. The minimum absolute atomic E-state index is 0. The van der Waals surface area contributed by atoms with E-state index in [9.17, 15) is 9.59 Å². The lowest BCUT2D eigenvalue weighted by Gasteiger charge is -2.23. The normalized spacial score (nSPS) is 14.3. The van der Waals surface area contributed by atoms with Gasteiger partial charge in [0.25, 0.3) is 0 Å². The van der Waals surface area contributed by atoms with E-state index in [4.69, 9.17) is 0 Å². The molecule has 8 heteroatoms. The average Bonchev–Trinajstić information content (AvgIpc) is 2.84. The number of imide groups is 1. The van der Waals surface area contributed by atoms with Crippen LogP contribution in [0.15, 0.2) is 35.3 Å². The van der Waals surface area contributed by atoms with Crippen LogP contribution in [-0.4, -0.2) is 61.4 Å². The van der Waals surface area contributed by atoms with Crippen LogP contribution in [0, 0.1) is 0 Å². The third-order valence-electron chi connectivity index (χ3n) is 3.39. The number of aliphatic imine (C=N–C) groups is 1. The highest BCUT2D eigenvalue weighted by Gasteiger charge is 2.27. The first-order chi connectivity index (χ1) is 10.6. The number of amides is 3. The predicted molar refractivity (Wildman–Crippen MR) is 99.8 cm³/mol. The molecule has 1 aromatic carbocycles. The number of rotatable bonds is 5. The molecule has 1 aromatic rings. The average molecular weight is 431 g/mol. The fourth-order valence-electron chi connectivity index (χ4n) is 2.28. The molecule has 3 amide bonds. The van der Waals surface area contributed by atoms with E-state index in [1.165, 1.54) is 10.5 Å². The lowest BCUT2D eigenvalue weighted by Crippen LogP contribution is -2.43. The third-order valence-corrected chi connectivity index (χ3v) is 3.39. The maximum atomic E-state index is 11.5. The monoisotopic (exact) mass is 431 g/mol. The maximum absolute atomic E-state index is 11.5. The van der Waals surface area contributed by atoms with E-state index in [1.54, 1.807) is 7.05 Å². The maximum Gasteiger partial charge on any atom is 0.324 e. The van der Waals surface area contributed by atoms with Gasteiger partial charge in [-0.1, -0.05) is 30.3 Å². The zero-order valence-corrected chi connectivity index (χ0v) is 15.6. The Bertz CT molecular complexity index is 548. The van der Waals surface area contributed by atoms with Gasteiger partial charge in [0.15, 0.2) is 5.96 Å². The summed E-state index contributed by atoms with van der Waals surface area (Å²) < 4.78 is 0. The smallest absolute Gasteiger partial charge is 0.324 e. The van der Waals surface area contributed by atoms with E-state index < -0.39 is 0 Å². The van der Waals surface area contributed by atoms with Gasteiger partial charge in [0.05, 0.1) is 6.54 Å². The Hall–Kier alpha value is -1.84. The number of nitrogens with one attached hydrogen (secondary N) is 2. The molecule has 1 saturated heterocycles. The zero-order chi connectivity index (χ0) is 15.9. The molecule has 1 fully saturated rings. The molecule has 0 radical (unpaired) electrons. The number of guanidine groups is 1. The molecule has 1 aliphatic rings. The Morgan fingerprint density at radius 2 is 2.04 bits per heavy atom. The van der Waals surface area contributed by atoms with Crippen molar-refractivity contribution in [2.45, 2.75) is 6.54 Å². The van der Waals surface area contributed by atoms with E-state index >= 15 is 0 Å². The van der Waals surface area contributed by atoms with Crippen molar-refractivity contribution in [1.82, 2.24) is 20.4 Å². The van der Waals surface area contributed by atoms with Crippen LogP contribution in [0.3, 0.4) is 0 Å². The zero-order valence-electron chi connectivity index (χ0n) is 13.3. The molecule has 0 saturated carbocycles. The summed E-state index contributed by atoms with van der Waals surface area (Å²) in [6, 6.07) is 9.75. The van der Waals surface area contributed by atoms with Gasteiger partial charge in [-0.05, 0) is 5.56 Å². The summed E-state index contributed by atoms with van der Waals surface area (Å²) in [5, 5.41) is 5.66. The second kappa shape index (κ2) is 9.33. The Balaban J connectivity index is 0.00000264. The highest BCUT2D eigenvalue weighted by molar-refractivity contribution is 14.0. The van der Waals surface area contributed by atoms with Gasteiger partial charge < -0.3 is 15.5 Å². The summed E-state index contributed by atoms with van der Waals surface area (Å²) in [7, 11) is 3.65. The summed E-state index contributed by atoms with van der Waals surface area (Å²) in [5.41, 5.74) is 1.18. The number of hydrogen-bond donors (Lipinski definition) is 2. The van der Waals surface area contributed by atoms with Crippen molar-refractivity contribution in [1.29, 1.82) is 0 Å². The molecular formula is C15H22IN5O2. The van der Waals surface area contributed by atoms with Crippen molar-refractivity contribution < 1.29 is 9.59 Å². The van der Waals surface area contributed by atoms with Gasteiger partial charge in [0, 0.05) is 33.7 Å². The SMILES string of the molecule is CN=C(NCCN1C(=O)CNC1=O)N(C)Cc1ccccc1.I. The van der Waals surface area contributed by atoms with Crippen molar-refractivity contribution >= 4 is 41.9 Å². The Kier molecular flexibility index (Phi) is 7.79. The van der Waals surface area contributed by atoms with Crippen LogP contribution in [0.5, 0.6) is 0 Å². The third kappa shape index (κ3) is 5.38. The molecule has 126 valence electrons. The van der Waals surface area contributed by atoms with E-state index in [-0.39, 0.29) is 42.5 Å². The van der Waals surface area contributed by atoms with Gasteiger partial charge in [-0.3, -0.25) is 14.7 Å². The van der Waals surface area contributed by atoms with E-state index in [1.807, 2.05) is 30.1 Å². The Morgan fingerprint density at radius 1 is 1.35 bits per heavy atom. The molecule has 23 heavy (non-hydrogen) atoms. The summed E-state index contributed by atoms with van der Waals surface area (Å²) in [5.74, 6) is 0.523. The number of carbonyl (C=O) groups is 2. The highest BCUT2D eigenvalue weighted by Crippen LogP contribution is 2.03. The minimum Gasteiger partial charge on any atom is -0.354 e. The summed E-state index contributed by atoms with van der Waals surface area (Å²) in [4.78, 5) is 30.3. The second-order valence-corrected chi connectivity index (χ2v) is 5.02. The Labute approximate surface area is 153 Å². The topological polar surface area (TPSA) is 77.0 Å². The lowest BCUT2D eigenvalue weighted by molar-refractivity contribution is -0.124. The van der Waals surface area contributed by atoms with Gasteiger partial charge in [0.1, 0.15) is 0 Å². The predicted octanol–water partition coefficient (Wildman–Crippen LogP) is 0.864. The molecule has 2 N–H and O–H groups in total. The van der Waals surface area contributed by atoms with Crippen molar-refractivity contribution in [3.8, 4) is 0 Å². The van der Waals surface area contributed by atoms with Crippen LogP contribution in [-0.2, 0) is 11.3 Å². The molecule has 1 aliphatic heterocycles. The number of halogens is 1. The largest absolute Gasteiger partial charge is 0.354 e. The number of nitrogens with zero attached hydrogens (tertiary/aromatic N) is 3. The standard InChI is InChI=1S/C15H21N5O2.HI/c1-16-14(19(2)11-12-6-4-3-5-7-12)17-8-9-20-13(21)10-18-15(20)22;/h3-7H,8-11H2,1-2H3,(H,16,17)(H,18,22);1H. The van der Waals surface area contributed by atoms with E-state index in [0.29, 0.717) is 13.1 Å². The van der Waals surface area contributed by atoms with Gasteiger partial charge in [-0.2, -0.15) is 0 Å². The first-order valence-electron chi connectivity index (χ1n) is 7.15. The van der Waals surface area contributed by atoms with Crippen LogP contribution < -0.4 is 10.6 Å². The van der Waals surface area contributed by atoms with Crippen LogP contribution in [0.25, 0.3) is 0 Å². The summed E-state index contributed by atoms with van der Waals surface area (Å²) in [6.45, 7) is 1.60. The molecule has 0 atom stereocenters. The second-order valence-electron chi connectivity index (χ2n) is 5.02. The molecule has 2 rings (SSSR count). The van der Waals surface area contributed by atoms with Crippen molar-refractivity contribution in [2.24, 2.45) is 4.99 Å². The highest BCUT2D eigenvalue weighted by atomic mass is 127. The molecule has 0 bridgehead atoms. The number of benzene rings is 1. The molecule has 0 aliphatic carbocycles. The molecule has 1 heterocycles. The first kappa shape index (κ1) is 19.2. The van der Waals surface area contributed by atoms with Crippen LogP contribution in [0.4, 0.5) is 4.79 Å². The van der Waals surface area contributed by atoms with Gasteiger partial charge >= 0.3 is 6.03 Å². The van der Waals surface area contributed by atoms with Crippen molar-refractivity contribution in [3.05, 3.63) is 35.9 Å². The van der Waals surface area contributed by atoms with Crippen LogP contribution in [0.2, 0.25) is 0 Å². The van der Waals surface area contributed by atoms with E-state index in [0.717, 1.165) is 12.5 Å². The molecule has 0 aromatic heterocycles. The molecule has 0 unspecified atom stereocenters. The number of urea groups is 1. The molecular weight excluding hydrogens is 409 g/mol. The number of hydrogen-bond acceptors (Lipinski definition) is 3. The van der Waals surface area contributed by atoms with Gasteiger partial charge in [-0.15, -0.1) is 24.0 Å². The molecule has 7 nitrogen and oxygen atoms in total. The molecule has 0 spiro atoms.